The number of nitrogens with two attached hydrogens (primary N) is 3. The van der Waals surface area contributed by atoms with Gasteiger partial charge in [-0.3, -0.25) is 0 Å². The fourth-order valence-corrected chi connectivity index (χ4v) is 0.673. The van der Waals surface area contributed by atoms with E-state index in [1.807, 2.05) is 6.07 Å². The van der Waals surface area contributed by atoms with Crippen molar-refractivity contribution in [2.45, 2.75) is 0 Å². The van der Waals surface area contributed by atoms with Gasteiger partial charge in [-0.05, 0) is 0 Å². The summed E-state index contributed by atoms with van der Waals surface area (Å²) in [5, 5.41) is 8.52. The Balaban J connectivity index is 3.44. The molecule has 0 saturated heterocycles. The second kappa shape index (κ2) is 2.34. The molecular weight excluding hydrogens is 142 g/mol. The minimum atomic E-state index is 0.110. The predicted octanol–water partition coefficient (Wildman–Crippen LogP) is -0.300. The highest BCUT2D eigenvalue weighted by atomic mass is 14.9. The average Bonchev–Trinajstić information content (AvgIpc) is 1.99. The first kappa shape index (κ1) is 7.15. The number of pyridine rings is 1. The zero-order valence-corrected chi connectivity index (χ0v) is 5.70. The minimum absolute atomic E-state index is 0.110. The minimum Gasteiger partial charge on any atom is -0.396 e. The Labute approximate surface area is 63.4 Å². The van der Waals surface area contributed by atoms with Crippen molar-refractivity contribution < 1.29 is 0 Å². The molecule has 0 saturated carbocycles. The normalized spacial score (nSPS) is 9.00. The Bertz CT molecular complexity index is 324. The molecule has 11 heavy (non-hydrogen) atoms. The summed E-state index contributed by atoms with van der Waals surface area (Å²) in [6.07, 6.45) is 1.32. The topological polar surface area (TPSA) is 115 Å². The molecule has 0 aromatic carbocycles. The molecule has 1 aromatic rings. The smallest absolute Gasteiger partial charge is 0.143 e. The fraction of sp³-hybridized carbons (Fsp3) is 0. The van der Waals surface area contributed by atoms with Gasteiger partial charge in [0.25, 0.3) is 0 Å². The SMILES string of the molecule is N#Cc1c(N)ncc(N)c1N. The van der Waals surface area contributed by atoms with Gasteiger partial charge < -0.3 is 17.2 Å². The number of hydrogen-bond acceptors (Lipinski definition) is 5. The van der Waals surface area contributed by atoms with Gasteiger partial charge in [0.05, 0.1) is 17.6 Å². The van der Waals surface area contributed by atoms with Gasteiger partial charge in [-0.2, -0.15) is 5.26 Å². The molecule has 0 atom stereocenters. The van der Waals surface area contributed by atoms with Crippen LogP contribution in [0.2, 0.25) is 0 Å². The van der Waals surface area contributed by atoms with E-state index in [0.29, 0.717) is 0 Å². The van der Waals surface area contributed by atoms with Crippen molar-refractivity contribution in [2.75, 3.05) is 17.2 Å². The number of nitrogen functional groups attached to an aromatic ring is 3. The van der Waals surface area contributed by atoms with Gasteiger partial charge in [0.2, 0.25) is 0 Å². The summed E-state index contributed by atoms with van der Waals surface area (Å²) < 4.78 is 0. The van der Waals surface area contributed by atoms with Crippen LogP contribution >= 0.6 is 0 Å². The lowest BCUT2D eigenvalue weighted by Crippen LogP contribution is -2.03. The maximum Gasteiger partial charge on any atom is 0.143 e. The molecule has 0 aliphatic carbocycles. The molecule has 5 nitrogen and oxygen atoms in total. The number of rotatable bonds is 0. The van der Waals surface area contributed by atoms with Crippen molar-refractivity contribution in [3.05, 3.63) is 11.8 Å². The van der Waals surface area contributed by atoms with Gasteiger partial charge in [-0.25, -0.2) is 4.98 Å². The Morgan fingerprint density at radius 1 is 1.36 bits per heavy atom. The Hall–Kier alpha value is -1.96. The van der Waals surface area contributed by atoms with Crippen molar-refractivity contribution in [3.8, 4) is 6.07 Å². The molecule has 0 unspecified atom stereocenters. The van der Waals surface area contributed by atoms with Crippen LogP contribution in [0.5, 0.6) is 0 Å². The van der Waals surface area contributed by atoms with Crippen LogP contribution in [0.3, 0.4) is 0 Å². The van der Waals surface area contributed by atoms with Crippen molar-refractivity contribution in [1.82, 2.24) is 4.98 Å². The van der Waals surface area contributed by atoms with Gasteiger partial charge in [0.15, 0.2) is 0 Å². The van der Waals surface area contributed by atoms with Crippen molar-refractivity contribution in [3.63, 3.8) is 0 Å². The highest BCUT2D eigenvalue weighted by molar-refractivity contribution is 5.75. The maximum absolute atomic E-state index is 8.52. The molecule has 5 heteroatoms. The van der Waals surface area contributed by atoms with Crippen LogP contribution < -0.4 is 17.2 Å². The number of anilines is 3. The van der Waals surface area contributed by atoms with Gasteiger partial charge in [0.1, 0.15) is 17.5 Å². The van der Waals surface area contributed by atoms with Crippen LogP contribution in [-0.2, 0) is 0 Å². The van der Waals surface area contributed by atoms with Crippen LogP contribution in [0.4, 0.5) is 17.2 Å². The summed E-state index contributed by atoms with van der Waals surface area (Å²) in [6.45, 7) is 0. The molecule has 0 spiro atoms. The van der Waals surface area contributed by atoms with Crippen molar-refractivity contribution >= 4 is 17.2 Å². The van der Waals surface area contributed by atoms with E-state index >= 15 is 0 Å². The maximum atomic E-state index is 8.52. The molecule has 0 fully saturated rings. The Kier molecular flexibility index (Phi) is 1.52. The number of hydrogen-bond donors (Lipinski definition) is 3. The highest BCUT2D eigenvalue weighted by Gasteiger charge is 2.06. The van der Waals surface area contributed by atoms with Crippen LogP contribution in [0.25, 0.3) is 0 Å². The molecular formula is C6H7N5. The first-order valence-corrected chi connectivity index (χ1v) is 2.86. The summed E-state index contributed by atoms with van der Waals surface area (Å²) in [7, 11) is 0. The van der Waals surface area contributed by atoms with Crippen LogP contribution in [-0.4, -0.2) is 4.98 Å². The van der Waals surface area contributed by atoms with E-state index in [4.69, 9.17) is 22.5 Å². The highest BCUT2D eigenvalue weighted by Crippen LogP contribution is 2.21. The van der Waals surface area contributed by atoms with E-state index in [0.717, 1.165) is 0 Å². The zero-order chi connectivity index (χ0) is 8.43. The van der Waals surface area contributed by atoms with E-state index in [2.05, 4.69) is 4.98 Å². The van der Waals surface area contributed by atoms with Crippen LogP contribution in [0.15, 0.2) is 6.20 Å². The van der Waals surface area contributed by atoms with Gasteiger partial charge in [-0.15, -0.1) is 0 Å². The summed E-state index contributed by atoms with van der Waals surface area (Å²) >= 11 is 0. The number of nitrogens with zero attached hydrogens (tertiary/aromatic N) is 2. The second-order valence-electron chi connectivity index (χ2n) is 2.00. The van der Waals surface area contributed by atoms with Gasteiger partial charge >= 0.3 is 0 Å². The molecule has 0 aliphatic rings. The first-order valence-electron chi connectivity index (χ1n) is 2.86. The van der Waals surface area contributed by atoms with E-state index in [-0.39, 0.29) is 22.8 Å². The molecule has 56 valence electrons. The molecule has 0 bridgehead atoms. The molecule has 1 rings (SSSR count). The van der Waals surface area contributed by atoms with Crippen LogP contribution in [0, 0.1) is 11.3 Å². The summed E-state index contributed by atoms with van der Waals surface area (Å²) in [5.74, 6) is 0.110. The third-order valence-corrected chi connectivity index (χ3v) is 1.29. The second-order valence-corrected chi connectivity index (χ2v) is 2.00. The molecule has 1 heterocycles. The van der Waals surface area contributed by atoms with E-state index in [1.54, 1.807) is 0 Å². The molecule has 0 radical (unpaired) electrons. The quantitative estimate of drug-likeness (QED) is 0.468. The predicted molar refractivity (Wildman–Crippen MR) is 42.2 cm³/mol. The fourth-order valence-electron chi connectivity index (χ4n) is 0.673. The summed E-state index contributed by atoms with van der Waals surface area (Å²) in [5.41, 5.74) is 16.7. The Morgan fingerprint density at radius 2 is 2.00 bits per heavy atom. The lowest BCUT2D eigenvalue weighted by molar-refractivity contribution is 1.32. The van der Waals surface area contributed by atoms with E-state index in [9.17, 15) is 0 Å². The standard InChI is InChI=1S/C6H7N5/c7-1-3-5(9)4(8)2-11-6(3)10/h2H,8H2,(H4,9,10,11). The third-order valence-electron chi connectivity index (χ3n) is 1.29. The first-order chi connectivity index (χ1) is 5.16. The lowest BCUT2D eigenvalue weighted by Gasteiger charge is -2.02. The number of aromatic nitrogens is 1. The summed E-state index contributed by atoms with van der Waals surface area (Å²) in [4.78, 5) is 3.66. The molecule has 1 aromatic heterocycles. The van der Waals surface area contributed by atoms with E-state index in [1.165, 1.54) is 6.20 Å². The van der Waals surface area contributed by atoms with E-state index < -0.39 is 0 Å². The van der Waals surface area contributed by atoms with Crippen molar-refractivity contribution in [1.29, 1.82) is 5.26 Å². The Morgan fingerprint density at radius 3 is 2.45 bits per heavy atom. The van der Waals surface area contributed by atoms with Crippen molar-refractivity contribution in [2.24, 2.45) is 0 Å². The van der Waals surface area contributed by atoms with Gasteiger partial charge in [-0.1, -0.05) is 0 Å². The molecule has 6 N–H and O–H groups in total. The number of nitriles is 1. The zero-order valence-electron chi connectivity index (χ0n) is 5.70. The summed E-state index contributed by atoms with van der Waals surface area (Å²) in [6, 6.07) is 1.81. The third kappa shape index (κ3) is 1.01. The average molecular weight is 149 g/mol. The van der Waals surface area contributed by atoms with Crippen LogP contribution in [0.1, 0.15) is 5.56 Å². The van der Waals surface area contributed by atoms with Gasteiger partial charge in [0, 0.05) is 0 Å². The monoisotopic (exact) mass is 149 g/mol. The molecule has 0 amide bonds. The lowest BCUT2D eigenvalue weighted by atomic mass is 10.2. The molecule has 0 aliphatic heterocycles. The largest absolute Gasteiger partial charge is 0.396 e.